The molecule has 1 fully saturated rings. The van der Waals surface area contributed by atoms with Crippen LogP contribution in [0.4, 0.5) is 10.3 Å². The number of anilines is 1. The molecule has 5 N–H and O–H groups in total. The second kappa shape index (κ2) is 10.0. The Hall–Kier alpha value is -3.12. The molecule has 2 aromatic heterocycles. The van der Waals surface area contributed by atoms with Crippen molar-refractivity contribution in [3.63, 3.8) is 0 Å². The van der Waals surface area contributed by atoms with E-state index in [0.29, 0.717) is 25.0 Å². The molecule has 1 aliphatic rings. The van der Waals surface area contributed by atoms with Crippen LogP contribution < -0.4 is 16.4 Å². The number of aliphatic hydroxyl groups is 1. The van der Waals surface area contributed by atoms with Crippen molar-refractivity contribution in [1.29, 1.82) is 0 Å². The van der Waals surface area contributed by atoms with Crippen LogP contribution in [0.5, 0.6) is 0 Å². The van der Waals surface area contributed by atoms with Crippen molar-refractivity contribution in [2.75, 3.05) is 25.1 Å². The minimum atomic E-state index is -2.04. The summed E-state index contributed by atoms with van der Waals surface area (Å²) >= 11 is 5.88. The van der Waals surface area contributed by atoms with Gasteiger partial charge in [-0.2, -0.15) is 4.98 Å². The Morgan fingerprint density at radius 3 is 2.82 bits per heavy atom. The average molecular weight is 490 g/mol. The summed E-state index contributed by atoms with van der Waals surface area (Å²) in [4.78, 5) is 25.9. The van der Waals surface area contributed by atoms with E-state index in [2.05, 4.69) is 25.6 Å². The van der Waals surface area contributed by atoms with Gasteiger partial charge in [0.15, 0.2) is 5.72 Å². The maximum Gasteiger partial charge on any atom is 0.273 e. The third-order valence-corrected chi connectivity index (χ3v) is 5.73. The SMILES string of the molecule is Cc1cnc(NC2CCOCC2)nc1-n1cnc(C(=O)N[C@@](O)(CN)c2cc(F)cc(Cl)c2)c1. The van der Waals surface area contributed by atoms with E-state index in [1.165, 1.54) is 18.6 Å². The summed E-state index contributed by atoms with van der Waals surface area (Å²) in [6.45, 7) is 2.81. The summed E-state index contributed by atoms with van der Waals surface area (Å²) in [6.07, 6.45) is 6.32. The first-order valence-corrected chi connectivity index (χ1v) is 11.1. The van der Waals surface area contributed by atoms with Gasteiger partial charge in [-0.25, -0.2) is 14.4 Å². The third-order valence-electron chi connectivity index (χ3n) is 5.52. The number of benzene rings is 1. The van der Waals surface area contributed by atoms with E-state index in [4.69, 9.17) is 22.1 Å². The first-order chi connectivity index (χ1) is 16.3. The number of halogens is 2. The largest absolute Gasteiger partial charge is 0.381 e. The zero-order valence-electron chi connectivity index (χ0n) is 18.5. The number of nitrogens with one attached hydrogen (secondary N) is 2. The van der Waals surface area contributed by atoms with Crippen molar-refractivity contribution in [3.05, 3.63) is 64.6 Å². The third kappa shape index (κ3) is 5.33. The van der Waals surface area contributed by atoms with Crippen LogP contribution in [0.2, 0.25) is 5.02 Å². The van der Waals surface area contributed by atoms with Crippen LogP contribution in [0, 0.1) is 12.7 Å². The molecular formula is C22H25ClFN7O3. The highest BCUT2D eigenvalue weighted by atomic mass is 35.5. The molecule has 1 amide bonds. The Bertz CT molecular complexity index is 1160. The maximum atomic E-state index is 13.8. The van der Waals surface area contributed by atoms with Crippen molar-refractivity contribution in [2.45, 2.75) is 31.5 Å². The minimum Gasteiger partial charge on any atom is -0.381 e. The Balaban J connectivity index is 1.53. The molecule has 10 nitrogen and oxygen atoms in total. The molecule has 0 aliphatic carbocycles. The predicted molar refractivity (Wildman–Crippen MR) is 123 cm³/mol. The van der Waals surface area contributed by atoms with Gasteiger partial charge in [0.25, 0.3) is 5.91 Å². The monoisotopic (exact) mass is 489 g/mol. The van der Waals surface area contributed by atoms with Crippen LogP contribution in [-0.4, -0.2) is 56.3 Å². The molecule has 1 atom stereocenters. The van der Waals surface area contributed by atoms with Gasteiger partial charge in [0.05, 0.1) is 0 Å². The van der Waals surface area contributed by atoms with Crippen molar-refractivity contribution >= 4 is 23.5 Å². The van der Waals surface area contributed by atoms with Gasteiger partial charge in [-0.3, -0.25) is 9.36 Å². The van der Waals surface area contributed by atoms with Crippen molar-refractivity contribution < 1.29 is 19.0 Å². The molecular weight excluding hydrogens is 465 g/mol. The van der Waals surface area contributed by atoms with Gasteiger partial charge < -0.3 is 26.2 Å². The maximum absolute atomic E-state index is 13.8. The predicted octanol–water partition coefficient (Wildman–Crippen LogP) is 1.89. The van der Waals surface area contributed by atoms with Gasteiger partial charge in [-0.05, 0) is 38.0 Å². The summed E-state index contributed by atoms with van der Waals surface area (Å²) in [5, 5.41) is 16.7. The molecule has 180 valence electrons. The van der Waals surface area contributed by atoms with E-state index in [1.807, 2.05) is 6.92 Å². The van der Waals surface area contributed by atoms with Crippen molar-refractivity contribution in [3.8, 4) is 5.82 Å². The molecule has 0 spiro atoms. The molecule has 4 rings (SSSR count). The lowest BCUT2D eigenvalue weighted by atomic mass is 10.0. The van der Waals surface area contributed by atoms with Crippen LogP contribution in [0.3, 0.4) is 0 Å². The molecule has 1 aliphatic heterocycles. The van der Waals surface area contributed by atoms with Gasteiger partial charge >= 0.3 is 0 Å². The molecule has 0 unspecified atom stereocenters. The number of rotatable bonds is 7. The summed E-state index contributed by atoms with van der Waals surface area (Å²) in [5.74, 6) is -0.369. The Kier molecular flexibility index (Phi) is 7.08. The zero-order valence-corrected chi connectivity index (χ0v) is 19.2. The summed E-state index contributed by atoms with van der Waals surface area (Å²) in [5.41, 5.74) is 4.44. The molecule has 0 bridgehead atoms. The van der Waals surface area contributed by atoms with Gasteiger partial charge in [-0.1, -0.05) is 11.6 Å². The summed E-state index contributed by atoms with van der Waals surface area (Å²) in [6, 6.07) is 3.68. The van der Waals surface area contributed by atoms with Gasteiger partial charge in [-0.15, -0.1) is 0 Å². The second-order valence-electron chi connectivity index (χ2n) is 8.07. The molecule has 12 heteroatoms. The highest BCUT2D eigenvalue weighted by molar-refractivity contribution is 6.30. The fraction of sp³-hybridized carbons (Fsp3) is 0.364. The smallest absolute Gasteiger partial charge is 0.273 e. The van der Waals surface area contributed by atoms with E-state index in [9.17, 15) is 14.3 Å². The standard InChI is InChI=1S/C22H25ClFN7O3/c1-13-9-26-21(28-17-2-4-34-5-3-17)29-19(13)31-10-18(27-12-31)20(32)30-22(33,11-25)14-6-15(23)8-16(24)7-14/h6-10,12,17,33H,2-5,11,25H2,1H3,(H,30,32)(H,26,28,29)/t22-/m1/s1. The molecule has 3 aromatic rings. The fourth-order valence-corrected chi connectivity index (χ4v) is 3.85. The summed E-state index contributed by atoms with van der Waals surface area (Å²) < 4.78 is 20.7. The lowest BCUT2D eigenvalue weighted by Crippen LogP contribution is -2.51. The topological polar surface area (TPSA) is 140 Å². The highest BCUT2D eigenvalue weighted by Gasteiger charge is 2.32. The number of nitrogens with two attached hydrogens (primary N) is 1. The fourth-order valence-electron chi connectivity index (χ4n) is 3.63. The van der Waals surface area contributed by atoms with E-state index in [0.717, 1.165) is 30.5 Å². The van der Waals surface area contributed by atoms with Crippen LogP contribution in [0.15, 0.2) is 36.9 Å². The Labute approximate surface area is 200 Å². The Morgan fingerprint density at radius 2 is 2.12 bits per heavy atom. The molecule has 3 heterocycles. The number of hydrogen-bond acceptors (Lipinski definition) is 8. The number of carbonyl (C=O) groups is 1. The van der Waals surface area contributed by atoms with Crippen LogP contribution in [0.25, 0.3) is 5.82 Å². The number of amides is 1. The number of hydrogen-bond donors (Lipinski definition) is 4. The van der Waals surface area contributed by atoms with E-state index >= 15 is 0 Å². The number of nitrogens with zero attached hydrogens (tertiary/aromatic N) is 4. The number of carbonyl (C=O) groups excluding carboxylic acids is 1. The first-order valence-electron chi connectivity index (χ1n) is 10.7. The zero-order chi connectivity index (χ0) is 24.3. The lowest BCUT2D eigenvalue weighted by Gasteiger charge is -2.28. The molecule has 0 saturated carbocycles. The van der Waals surface area contributed by atoms with Crippen LogP contribution >= 0.6 is 11.6 Å². The lowest BCUT2D eigenvalue weighted by molar-refractivity contribution is 0.0106. The van der Waals surface area contributed by atoms with Crippen molar-refractivity contribution in [1.82, 2.24) is 24.8 Å². The van der Waals surface area contributed by atoms with Gasteiger partial charge in [0, 0.05) is 54.3 Å². The van der Waals surface area contributed by atoms with Crippen LogP contribution in [0.1, 0.15) is 34.5 Å². The normalized spacial score (nSPS) is 16.1. The van der Waals surface area contributed by atoms with Crippen LogP contribution in [-0.2, 0) is 10.5 Å². The number of aromatic nitrogens is 4. The minimum absolute atomic E-state index is 0.00586. The highest BCUT2D eigenvalue weighted by Crippen LogP contribution is 2.23. The average Bonchev–Trinajstić information content (AvgIpc) is 3.30. The summed E-state index contributed by atoms with van der Waals surface area (Å²) in [7, 11) is 0. The first kappa shape index (κ1) is 24.0. The van der Waals surface area contributed by atoms with Gasteiger partial charge in [0.2, 0.25) is 5.95 Å². The van der Waals surface area contributed by atoms with Gasteiger partial charge in [0.1, 0.15) is 23.7 Å². The molecule has 1 aromatic carbocycles. The van der Waals surface area contributed by atoms with E-state index in [1.54, 1.807) is 10.8 Å². The number of ether oxygens (including phenoxy) is 1. The molecule has 1 saturated heterocycles. The quantitative estimate of drug-likeness (QED) is 0.369. The second-order valence-corrected chi connectivity index (χ2v) is 8.51. The van der Waals surface area contributed by atoms with E-state index in [-0.39, 0.29) is 22.3 Å². The number of aryl methyl sites for hydroxylation is 1. The Morgan fingerprint density at radius 1 is 1.35 bits per heavy atom. The number of imidazole rings is 1. The van der Waals surface area contributed by atoms with E-state index < -0.39 is 24.0 Å². The molecule has 0 radical (unpaired) electrons. The van der Waals surface area contributed by atoms with Crippen molar-refractivity contribution in [2.24, 2.45) is 5.73 Å². The molecule has 34 heavy (non-hydrogen) atoms.